The van der Waals surface area contributed by atoms with Crippen molar-refractivity contribution >= 4 is 32.6 Å². The van der Waals surface area contributed by atoms with Gasteiger partial charge in [0.15, 0.2) is 5.78 Å². The number of nitrogens with one attached hydrogen (secondary N) is 1. The van der Waals surface area contributed by atoms with Crippen LogP contribution in [-0.2, 0) is 0 Å². The van der Waals surface area contributed by atoms with Crippen molar-refractivity contribution in [1.29, 1.82) is 0 Å². The van der Waals surface area contributed by atoms with E-state index in [9.17, 15) is 4.79 Å². The standard InChI is InChI=1S/C12H12BrNO/c1-6-4-9-11(8(3)15)7(2)14-12(9)10(13)5-6/h4-5,14H,1-3H3. The summed E-state index contributed by atoms with van der Waals surface area (Å²) < 4.78 is 1.01. The Hall–Kier alpha value is -1.09. The minimum atomic E-state index is 0.108. The zero-order chi connectivity index (χ0) is 11.2. The van der Waals surface area contributed by atoms with Crippen LogP contribution in [0.15, 0.2) is 16.6 Å². The third kappa shape index (κ3) is 1.61. The number of benzene rings is 1. The number of H-pyrrole nitrogens is 1. The van der Waals surface area contributed by atoms with Gasteiger partial charge < -0.3 is 4.98 Å². The van der Waals surface area contributed by atoms with Crippen LogP contribution in [0, 0.1) is 13.8 Å². The van der Waals surface area contributed by atoms with Crippen LogP contribution in [0.1, 0.15) is 28.5 Å². The highest BCUT2D eigenvalue weighted by Crippen LogP contribution is 2.29. The van der Waals surface area contributed by atoms with E-state index in [1.54, 1.807) is 6.92 Å². The molecule has 15 heavy (non-hydrogen) atoms. The number of Topliss-reactive ketones (excluding diaryl/α,β-unsaturated/α-hetero) is 1. The van der Waals surface area contributed by atoms with Gasteiger partial charge in [0.05, 0.1) is 5.52 Å². The Bertz CT molecular complexity index is 554. The zero-order valence-electron chi connectivity index (χ0n) is 8.94. The number of carbonyl (C=O) groups is 1. The van der Waals surface area contributed by atoms with E-state index in [1.807, 2.05) is 26.0 Å². The number of aromatic amines is 1. The molecule has 1 N–H and O–H groups in total. The second-order valence-corrected chi connectivity index (χ2v) is 4.70. The summed E-state index contributed by atoms with van der Waals surface area (Å²) in [5, 5.41) is 1.01. The highest BCUT2D eigenvalue weighted by atomic mass is 79.9. The predicted molar refractivity (Wildman–Crippen MR) is 65.5 cm³/mol. The van der Waals surface area contributed by atoms with Crippen LogP contribution >= 0.6 is 15.9 Å². The molecule has 1 heterocycles. The lowest BCUT2D eigenvalue weighted by Crippen LogP contribution is -1.92. The van der Waals surface area contributed by atoms with Gasteiger partial charge in [-0.1, -0.05) is 0 Å². The molecule has 0 amide bonds. The number of hydrogen-bond acceptors (Lipinski definition) is 1. The number of carbonyl (C=O) groups excluding carboxylic acids is 1. The van der Waals surface area contributed by atoms with Crippen LogP contribution in [0.3, 0.4) is 0 Å². The summed E-state index contributed by atoms with van der Waals surface area (Å²) in [7, 11) is 0. The zero-order valence-corrected chi connectivity index (χ0v) is 10.5. The molecule has 2 aromatic rings. The third-order valence-corrected chi connectivity index (χ3v) is 3.17. The molecule has 1 aromatic carbocycles. The maximum Gasteiger partial charge on any atom is 0.162 e. The lowest BCUT2D eigenvalue weighted by molar-refractivity contribution is 0.101. The highest BCUT2D eigenvalue weighted by Gasteiger charge is 2.14. The summed E-state index contributed by atoms with van der Waals surface area (Å²) in [6, 6.07) is 4.09. The molecule has 2 rings (SSSR count). The van der Waals surface area contributed by atoms with Gasteiger partial charge in [-0.2, -0.15) is 0 Å². The highest BCUT2D eigenvalue weighted by molar-refractivity contribution is 9.10. The monoisotopic (exact) mass is 265 g/mol. The fourth-order valence-corrected chi connectivity index (χ4v) is 2.65. The van der Waals surface area contributed by atoms with Crippen LogP contribution in [0.25, 0.3) is 10.9 Å². The maximum absolute atomic E-state index is 11.5. The van der Waals surface area contributed by atoms with E-state index in [2.05, 4.69) is 20.9 Å². The van der Waals surface area contributed by atoms with Crippen LogP contribution in [-0.4, -0.2) is 10.8 Å². The van der Waals surface area contributed by atoms with Gasteiger partial charge in [-0.3, -0.25) is 4.79 Å². The minimum Gasteiger partial charge on any atom is -0.357 e. The van der Waals surface area contributed by atoms with Crippen molar-refractivity contribution in [3.05, 3.63) is 33.4 Å². The molecule has 0 bridgehead atoms. The molecular formula is C12H12BrNO. The quantitative estimate of drug-likeness (QED) is 0.783. The smallest absolute Gasteiger partial charge is 0.162 e. The molecule has 2 nitrogen and oxygen atoms in total. The molecule has 0 fully saturated rings. The second-order valence-electron chi connectivity index (χ2n) is 3.85. The number of aryl methyl sites for hydroxylation is 2. The Kier molecular flexibility index (Phi) is 2.43. The van der Waals surface area contributed by atoms with E-state index in [0.717, 1.165) is 32.2 Å². The van der Waals surface area contributed by atoms with Crippen LogP contribution in [0.5, 0.6) is 0 Å². The third-order valence-electron chi connectivity index (χ3n) is 2.54. The molecule has 0 spiro atoms. The number of halogens is 1. The Balaban J connectivity index is 2.93. The van der Waals surface area contributed by atoms with Gasteiger partial charge in [-0.05, 0) is 54.4 Å². The Labute approximate surface area is 96.8 Å². The van der Waals surface area contributed by atoms with Gasteiger partial charge in [-0.25, -0.2) is 0 Å². The summed E-state index contributed by atoms with van der Waals surface area (Å²) in [5.74, 6) is 0.108. The summed E-state index contributed by atoms with van der Waals surface area (Å²) in [5.41, 5.74) is 3.89. The Morgan fingerprint density at radius 3 is 2.60 bits per heavy atom. The van der Waals surface area contributed by atoms with E-state index in [1.165, 1.54) is 0 Å². The molecular weight excluding hydrogens is 254 g/mol. The van der Waals surface area contributed by atoms with E-state index >= 15 is 0 Å². The Morgan fingerprint density at radius 1 is 1.33 bits per heavy atom. The fourth-order valence-electron chi connectivity index (χ4n) is 1.97. The molecule has 0 aliphatic heterocycles. The average Bonchev–Trinajstić information content (AvgIpc) is 2.41. The number of aromatic nitrogens is 1. The summed E-state index contributed by atoms with van der Waals surface area (Å²) in [4.78, 5) is 14.8. The van der Waals surface area contributed by atoms with Crippen molar-refractivity contribution < 1.29 is 4.79 Å². The van der Waals surface area contributed by atoms with Gasteiger partial charge in [-0.15, -0.1) is 0 Å². The molecule has 0 aliphatic rings. The first-order chi connectivity index (χ1) is 7.00. The molecule has 78 valence electrons. The fraction of sp³-hybridized carbons (Fsp3) is 0.250. The van der Waals surface area contributed by atoms with Crippen molar-refractivity contribution in [1.82, 2.24) is 4.98 Å². The summed E-state index contributed by atoms with van der Waals surface area (Å²) in [6.07, 6.45) is 0. The largest absolute Gasteiger partial charge is 0.357 e. The van der Waals surface area contributed by atoms with E-state index in [-0.39, 0.29) is 5.78 Å². The number of fused-ring (bicyclic) bond motifs is 1. The van der Waals surface area contributed by atoms with Gasteiger partial charge in [0.25, 0.3) is 0 Å². The molecule has 3 heteroatoms. The Morgan fingerprint density at radius 2 is 2.00 bits per heavy atom. The summed E-state index contributed by atoms with van der Waals surface area (Å²) >= 11 is 3.50. The molecule has 0 radical (unpaired) electrons. The SMILES string of the molecule is CC(=O)c1c(C)[nH]c2c(Br)cc(C)cc12. The lowest BCUT2D eigenvalue weighted by atomic mass is 10.1. The number of hydrogen-bond donors (Lipinski definition) is 1. The van der Waals surface area contributed by atoms with Crippen molar-refractivity contribution in [2.45, 2.75) is 20.8 Å². The van der Waals surface area contributed by atoms with Crippen LogP contribution in [0.2, 0.25) is 0 Å². The molecule has 0 saturated heterocycles. The van der Waals surface area contributed by atoms with Gasteiger partial charge >= 0.3 is 0 Å². The van der Waals surface area contributed by atoms with Crippen molar-refractivity contribution in [3.63, 3.8) is 0 Å². The van der Waals surface area contributed by atoms with Crippen molar-refractivity contribution in [2.75, 3.05) is 0 Å². The minimum absolute atomic E-state index is 0.108. The summed E-state index contributed by atoms with van der Waals surface area (Å²) in [6.45, 7) is 5.56. The van der Waals surface area contributed by atoms with Crippen LogP contribution < -0.4 is 0 Å². The predicted octanol–water partition coefficient (Wildman–Crippen LogP) is 3.75. The van der Waals surface area contributed by atoms with E-state index < -0.39 is 0 Å². The normalized spacial score (nSPS) is 10.9. The molecule has 0 atom stereocenters. The number of rotatable bonds is 1. The van der Waals surface area contributed by atoms with Crippen molar-refractivity contribution in [2.24, 2.45) is 0 Å². The molecule has 0 saturated carbocycles. The first kappa shape index (κ1) is 10.4. The van der Waals surface area contributed by atoms with Gasteiger partial charge in [0.1, 0.15) is 0 Å². The molecule has 0 aliphatic carbocycles. The van der Waals surface area contributed by atoms with E-state index in [0.29, 0.717) is 0 Å². The topological polar surface area (TPSA) is 32.9 Å². The van der Waals surface area contributed by atoms with Crippen LogP contribution in [0.4, 0.5) is 0 Å². The second kappa shape index (κ2) is 3.49. The maximum atomic E-state index is 11.5. The van der Waals surface area contributed by atoms with Gasteiger partial charge in [0.2, 0.25) is 0 Å². The first-order valence-corrected chi connectivity index (χ1v) is 5.59. The van der Waals surface area contributed by atoms with Crippen molar-refractivity contribution in [3.8, 4) is 0 Å². The van der Waals surface area contributed by atoms with Gasteiger partial charge in [0, 0.05) is 21.1 Å². The average molecular weight is 266 g/mol. The molecule has 1 aromatic heterocycles. The number of ketones is 1. The lowest BCUT2D eigenvalue weighted by Gasteiger charge is -1.99. The molecule has 0 unspecified atom stereocenters. The first-order valence-electron chi connectivity index (χ1n) is 4.80. The van der Waals surface area contributed by atoms with E-state index in [4.69, 9.17) is 0 Å².